The molecular weight excluding hydrogens is 282 g/mol. The smallest absolute Gasteiger partial charge is 0.429 e. The van der Waals surface area contributed by atoms with Crippen molar-refractivity contribution in [1.82, 2.24) is 3.71 Å². The second-order valence-corrected chi connectivity index (χ2v) is 4.40. The van der Waals surface area contributed by atoms with Gasteiger partial charge in [0.05, 0.1) is 6.61 Å². The van der Waals surface area contributed by atoms with Gasteiger partial charge in [-0.3, -0.25) is 0 Å². The summed E-state index contributed by atoms with van der Waals surface area (Å²) in [5.41, 5.74) is 0. The van der Waals surface area contributed by atoms with Crippen LogP contribution in [0.25, 0.3) is 0 Å². The monoisotopic (exact) mass is 300 g/mol. The van der Waals surface area contributed by atoms with Crippen LogP contribution >= 0.6 is 25.6 Å². The van der Waals surface area contributed by atoms with E-state index in [0.29, 0.717) is 12.5 Å². The van der Waals surface area contributed by atoms with Gasteiger partial charge in [-0.1, -0.05) is 33.1 Å². The quantitative estimate of drug-likeness (QED) is 0.582. The molecule has 0 aliphatic carbocycles. The first-order chi connectivity index (χ1) is 6.61. The summed E-state index contributed by atoms with van der Waals surface area (Å²) in [4.78, 5) is 11.0. The third-order valence-corrected chi connectivity index (χ3v) is 2.48. The van der Waals surface area contributed by atoms with Crippen molar-refractivity contribution < 1.29 is 26.6 Å². The summed E-state index contributed by atoms with van der Waals surface area (Å²) in [6, 6.07) is 0. The molecule has 0 rings (SSSR count). The van der Waals surface area contributed by atoms with Gasteiger partial charge in [0.15, 0.2) is 0 Å². The second-order valence-electron chi connectivity index (χ2n) is 3.28. The fourth-order valence-electron chi connectivity index (χ4n) is 1.14. The van der Waals surface area contributed by atoms with Crippen LogP contribution in [0, 0.1) is 5.92 Å². The van der Waals surface area contributed by atoms with E-state index in [1.54, 1.807) is 0 Å². The molecule has 0 N–H and O–H groups in total. The van der Waals surface area contributed by atoms with Crippen LogP contribution in [0.15, 0.2) is 0 Å². The molecule has 0 spiro atoms. The van der Waals surface area contributed by atoms with Gasteiger partial charge in [-0.05, 0) is 38.0 Å². The van der Waals surface area contributed by atoms with Gasteiger partial charge in [0.25, 0.3) is 0 Å². The van der Waals surface area contributed by atoms with Crippen LogP contribution < -0.4 is 0 Å². The molecule has 1 unspecified atom stereocenters. The molecule has 95 valence electrons. The van der Waals surface area contributed by atoms with E-state index < -0.39 is 6.09 Å². The number of nitrogens with zero attached hydrogens (tertiary/aromatic N) is 1. The Morgan fingerprint density at radius 3 is 2.40 bits per heavy atom. The Bertz CT molecular complexity index is 170. The average Bonchev–Trinajstić information content (AvgIpc) is 2.17. The molecule has 1 amide bonds. The first kappa shape index (κ1) is 17.9. The van der Waals surface area contributed by atoms with Gasteiger partial charge in [0.2, 0.25) is 0 Å². The summed E-state index contributed by atoms with van der Waals surface area (Å²) in [5.74, 6) is 0.459. The Balaban J connectivity index is 0. The number of rotatable bonds is 6. The molecule has 1 atom stereocenters. The van der Waals surface area contributed by atoms with E-state index in [1.165, 1.54) is 12.8 Å². The Hall–Kier alpha value is 0.489. The Labute approximate surface area is 114 Å². The maximum Gasteiger partial charge on any atom is 0.429 e. The maximum atomic E-state index is 11.0. The Morgan fingerprint density at radius 1 is 1.40 bits per heavy atom. The third-order valence-electron chi connectivity index (χ3n) is 2.15. The molecule has 15 heavy (non-hydrogen) atoms. The zero-order valence-electron chi connectivity index (χ0n) is 9.07. The minimum atomic E-state index is -0.508. The van der Waals surface area contributed by atoms with Crippen molar-refractivity contribution in [2.75, 3.05) is 6.61 Å². The fraction of sp³-hybridized carbons (Fsp3) is 0.889. The molecule has 0 aromatic carbocycles. The van der Waals surface area contributed by atoms with Crippen LogP contribution in [0.4, 0.5) is 4.79 Å². The molecule has 0 saturated heterocycles. The first-order valence-corrected chi connectivity index (χ1v) is 5.76. The summed E-state index contributed by atoms with van der Waals surface area (Å²) in [6.45, 7) is 4.72. The number of carbonyl (C=O) groups is 1. The molecule has 0 aliphatic rings. The van der Waals surface area contributed by atoms with Gasteiger partial charge < -0.3 is 4.74 Å². The standard InChI is InChI=1S/C9H19NO2S2.Cu/c1-3-5-6-8(4-2)7-12-9(11)10(13)14;/h8,13-14H,3-7H2,1-2H3;. The van der Waals surface area contributed by atoms with Crippen LogP contribution in [0.3, 0.4) is 0 Å². The number of hydrogen-bond acceptors (Lipinski definition) is 4. The van der Waals surface area contributed by atoms with E-state index in [0.717, 1.165) is 16.6 Å². The normalized spacial score (nSPS) is 11.5. The molecule has 0 aliphatic heterocycles. The number of hydrogen-bond donors (Lipinski definition) is 2. The molecule has 0 aromatic rings. The summed E-state index contributed by atoms with van der Waals surface area (Å²) in [7, 11) is 0. The summed E-state index contributed by atoms with van der Waals surface area (Å²) >= 11 is 7.44. The van der Waals surface area contributed by atoms with Gasteiger partial charge in [-0.2, -0.15) is 3.71 Å². The van der Waals surface area contributed by atoms with E-state index in [2.05, 4.69) is 39.5 Å². The van der Waals surface area contributed by atoms with Crippen molar-refractivity contribution in [2.24, 2.45) is 5.92 Å². The molecule has 0 saturated carbocycles. The summed E-state index contributed by atoms with van der Waals surface area (Å²) < 4.78 is 5.84. The Morgan fingerprint density at radius 2 is 2.00 bits per heavy atom. The van der Waals surface area contributed by atoms with Crippen molar-refractivity contribution >= 4 is 31.7 Å². The zero-order chi connectivity index (χ0) is 11.0. The molecule has 0 fully saturated rings. The van der Waals surface area contributed by atoms with Gasteiger partial charge in [-0.15, -0.1) is 0 Å². The molecule has 0 aromatic heterocycles. The molecule has 3 nitrogen and oxygen atoms in total. The van der Waals surface area contributed by atoms with Gasteiger partial charge in [-0.25, -0.2) is 4.79 Å². The maximum absolute atomic E-state index is 11.0. The van der Waals surface area contributed by atoms with E-state index in [-0.39, 0.29) is 17.1 Å². The minimum Gasteiger partial charge on any atom is -0.448 e. The summed E-state index contributed by atoms with van der Waals surface area (Å²) in [6.07, 6.45) is 4.00. The molecule has 1 radical (unpaired) electrons. The van der Waals surface area contributed by atoms with Crippen molar-refractivity contribution in [3.05, 3.63) is 0 Å². The van der Waals surface area contributed by atoms with E-state index >= 15 is 0 Å². The molecule has 6 heteroatoms. The van der Waals surface area contributed by atoms with Crippen molar-refractivity contribution in [3.8, 4) is 0 Å². The predicted molar refractivity (Wildman–Crippen MR) is 64.5 cm³/mol. The third kappa shape index (κ3) is 9.42. The van der Waals surface area contributed by atoms with Crippen LogP contribution in [0.2, 0.25) is 0 Å². The van der Waals surface area contributed by atoms with E-state index in [9.17, 15) is 4.79 Å². The van der Waals surface area contributed by atoms with Crippen molar-refractivity contribution in [2.45, 2.75) is 39.5 Å². The molecular formula is C9H19CuNO2S2. The van der Waals surface area contributed by atoms with E-state index in [1.807, 2.05) is 0 Å². The van der Waals surface area contributed by atoms with Crippen LogP contribution in [-0.2, 0) is 21.8 Å². The number of amides is 1. The fourth-order valence-corrected chi connectivity index (χ4v) is 1.26. The Kier molecular flexibility index (Phi) is 13.1. The topological polar surface area (TPSA) is 29.5 Å². The first-order valence-electron chi connectivity index (χ1n) is 4.96. The number of ether oxygens (including phenoxy) is 1. The van der Waals surface area contributed by atoms with Gasteiger partial charge in [0.1, 0.15) is 0 Å². The second kappa shape index (κ2) is 11.0. The largest absolute Gasteiger partial charge is 0.448 e. The van der Waals surface area contributed by atoms with Gasteiger partial charge >= 0.3 is 6.09 Å². The zero-order valence-corrected chi connectivity index (χ0v) is 11.8. The van der Waals surface area contributed by atoms with Crippen LogP contribution in [-0.4, -0.2) is 16.4 Å². The number of carbonyl (C=O) groups excluding carboxylic acids is 1. The SMILES string of the molecule is CCCCC(CC)COC(=O)N(S)S.[Cu]. The summed E-state index contributed by atoms with van der Waals surface area (Å²) in [5, 5.41) is 0. The van der Waals surface area contributed by atoms with Crippen LogP contribution in [0.5, 0.6) is 0 Å². The average molecular weight is 301 g/mol. The number of thiol groups is 2. The van der Waals surface area contributed by atoms with Crippen molar-refractivity contribution in [1.29, 1.82) is 0 Å². The number of unbranched alkanes of at least 4 members (excludes halogenated alkanes) is 1. The predicted octanol–water partition coefficient (Wildman–Crippen LogP) is 3.33. The van der Waals surface area contributed by atoms with E-state index in [4.69, 9.17) is 4.74 Å². The van der Waals surface area contributed by atoms with Crippen molar-refractivity contribution in [3.63, 3.8) is 0 Å². The van der Waals surface area contributed by atoms with Crippen LogP contribution in [0.1, 0.15) is 39.5 Å². The van der Waals surface area contributed by atoms with Gasteiger partial charge in [0, 0.05) is 17.1 Å². The molecule has 0 bridgehead atoms. The minimum absolute atomic E-state index is 0. The molecule has 0 heterocycles.